The molecule has 1 aliphatic heterocycles. The van der Waals surface area contributed by atoms with Crippen LogP contribution in [-0.4, -0.2) is 26.8 Å². The van der Waals surface area contributed by atoms with Gasteiger partial charge in [0.15, 0.2) is 0 Å². The standard InChI is InChI=1S/C10H9BrN4OS/c11-8-3-6-1-2-16-9(6)7(4-8)5-15-10(17)12-13-14-15/h3-4H,1-2,5H2,(H,12,14,17). The normalized spacial score (nSPS) is 13.5. The molecule has 1 aliphatic rings. The third kappa shape index (κ3) is 2.00. The summed E-state index contributed by atoms with van der Waals surface area (Å²) in [6.07, 6.45) is 0.953. The number of nitrogens with one attached hydrogen (secondary N) is 1. The molecule has 17 heavy (non-hydrogen) atoms. The Balaban J connectivity index is 2.04. The van der Waals surface area contributed by atoms with E-state index in [2.05, 4.69) is 37.5 Å². The number of H-pyrrole nitrogens is 1. The number of hydrogen-bond acceptors (Lipinski definition) is 4. The van der Waals surface area contributed by atoms with Gasteiger partial charge >= 0.3 is 0 Å². The first kappa shape index (κ1) is 10.9. The van der Waals surface area contributed by atoms with E-state index in [9.17, 15) is 0 Å². The van der Waals surface area contributed by atoms with Crippen LogP contribution in [0.25, 0.3) is 0 Å². The number of tetrazole rings is 1. The van der Waals surface area contributed by atoms with E-state index in [4.69, 9.17) is 17.0 Å². The van der Waals surface area contributed by atoms with E-state index in [0.717, 1.165) is 28.8 Å². The van der Waals surface area contributed by atoms with Crippen molar-refractivity contribution in [2.45, 2.75) is 13.0 Å². The lowest BCUT2D eigenvalue weighted by atomic mass is 10.1. The van der Waals surface area contributed by atoms with Crippen LogP contribution in [0.3, 0.4) is 0 Å². The Morgan fingerprint density at radius 2 is 2.41 bits per heavy atom. The summed E-state index contributed by atoms with van der Waals surface area (Å²) in [4.78, 5) is 0. The van der Waals surface area contributed by atoms with E-state index in [1.165, 1.54) is 5.56 Å². The highest BCUT2D eigenvalue weighted by Crippen LogP contribution is 2.33. The summed E-state index contributed by atoms with van der Waals surface area (Å²) in [5.74, 6) is 0.963. The summed E-state index contributed by atoms with van der Waals surface area (Å²) in [7, 11) is 0. The number of aromatic amines is 1. The Labute approximate surface area is 111 Å². The quantitative estimate of drug-likeness (QED) is 0.863. The zero-order valence-corrected chi connectivity index (χ0v) is 11.2. The van der Waals surface area contributed by atoms with Crippen molar-refractivity contribution in [3.05, 3.63) is 32.5 Å². The van der Waals surface area contributed by atoms with Gasteiger partial charge in [0.2, 0.25) is 4.77 Å². The Morgan fingerprint density at radius 1 is 1.53 bits per heavy atom. The molecule has 0 atom stereocenters. The van der Waals surface area contributed by atoms with Gasteiger partial charge in [-0.2, -0.15) is 5.21 Å². The molecule has 2 aromatic rings. The van der Waals surface area contributed by atoms with Crippen LogP contribution in [0.1, 0.15) is 11.1 Å². The maximum atomic E-state index is 5.65. The van der Waals surface area contributed by atoms with Gasteiger partial charge in [0.1, 0.15) is 5.75 Å². The van der Waals surface area contributed by atoms with Gasteiger partial charge in [0.25, 0.3) is 0 Å². The van der Waals surface area contributed by atoms with E-state index in [-0.39, 0.29) is 0 Å². The van der Waals surface area contributed by atoms with Crippen molar-refractivity contribution < 1.29 is 4.74 Å². The minimum atomic E-state index is 0.441. The summed E-state index contributed by atoms with van der Waals surface area (Å²) in [6.45, 7) is 1.33. The molecule has 2 heterocycles. The highest BCUT2D eigenvalue weighted by Gasteiger charge is 2.17. The van der Waals surface area contributed by atoms with Crippen LogP contribution >= 0.6 is 28.1 Å². The molecular formula is C10H9BrN4OS. The zero-order chi connectivity index (χ0) is 11.8. The first-order valence-electron chi connectivity index (χ1n) is 5.16. The van der Waals surface area contributed by atoms with E-state index < -0.39 is 0 Å². The van der Waals surface area contributed by atoms with Crippen LogP contribution in [0.4, 0.5) is 0 Å². The lowest BCUT2D eigenvalue weighted by molar-refractivity contribution is 0.352. The molecule has 0 bridgehead atoms. The topological polar surface area (TPSA) is 55.7 Å². The average molecular weight is 313 g/mol. The summed E-state index contributed by atoms with van der Waals surface area (Å²) in [5.41, 5.74) is 2.31. The number of nitrogens with zero attached hydrogens (tertiary/aromatic N) is 3. The number of aromatic nitrogens is 4. The molecule has 0 saturated heterocycles. The maximum Gasteiger partial charge on any atom is 0.238 e. The lowest BCUT2D eigenvalue weighted by Crippen LogP contribution is -2.04. The Bertz CT molecular complexity index is 621. The second kappa shape index (κ2) is 4.23. The molecule has 0 spiro atoms. The first-order valence-corrected chi connectivity index (χ1v) is 6.36. The maximum absolute atomic E-state index is 5.65. The fourth-order valence-electron chi connectivity index (χ4n) is 1.95. The molecular weight excluding hydrogens is 304 g/mol. The third-order valence-electron chi connectivity index (χ3n) is 2.69. The molecule has 1 aromatic carbocycles. The van der Waals surface area contributed by atoms with Crippen LogP contribution in [0.5, 0.6) is 5.75 Å². The number of fused-ring (bicyclic) bond motifs is 1. The van der Waals surface area contributed by atoms with Gasteiger partial charge in [-0.1, -0.05) is 26.2 Å². The molecule has 3 rings (SSSR count). The fourth-order valence-corrected chi connectivity index (χ4v) is 2.65. The molecule has 0 amide bonds. The highest BCUT2D eigenvalue weighted by atomic mass is 79.9. The number of halogens is 1. The smallest absolute Gasteiger partial charge is 0.238 e. The molecule has 0 saturated carbocycles. The first-order chi connectivity index (χ1) is 8.24. The van der Waals surface area contributed by atoms with E-state index in [0.29, 0.717) is 11.3 Å². The highest BCUT2D eigenvalue weighted by molar-refractivity contribution is 9.10. The predicted octanol–water partition coefficient (Wildman–Crippen LogP) is 2.08. The number of benzene rings is 1. The van der Waals surface area contributed by atoms with Gasteiger partial charge in [-0.15, -0.1) is 0 Å². The van der Waals surface area contributed by atoms with Gasteiger partial charge < -0.3 is 4.74 Å². The monoisotopic (exact) mass is 312 g/mol. The van der Waals surface area contributed by atoms with Gasteiger partial charge in [-0.25, -0.2) is 4.68 Å². The Morgan fingerprint density at radius 3 is 3.18 bits per heavy atom. The molecule has 5 nitrogen and oxygen atoms in total. The minimum Gasteiger partial charge on any atom is -0.493 e. The van der Waals surface area contributed by atoms with E-state index >= 15 is 0 Å². The van der Waals surface area contributed by atoms with Crippen LogP contribution in [-0.2, 0) is 13.0 Å². The van der Waals surface area contributed by atoms with Crippen molar-refractivity contribution in [3.8, 4) is 5.75 Å². The molecule has 0 aliphatic carbocycles. The van der Waals surface area contributed by atoms with Crippen LogP contribution in [0.15, 0.2) is 16.6 Å². The van der Waals surface area contributed by atoms with Gasteiger partial charge in [0, 0.05) is 16.5 Å². The van der Waals surface area contributed by atoms with Crippen molar-refractivity contribution in [3.63, 3.8) is 0 Å². The Hall–Kier alpha value is -1.21. The SMILES string of the molecule is S=c1nn[nH]n1Cc1cc(Br)cc2c1OCC2. The minimum absolute atomic E-state index is 0.441. The van der Waals surface area contributed by atoms with Crippen LogP contribution in [0, 0.1) is 4.77 Å². The summed E-state index contributed by atoms with van der Waals surface area (Å²) in [5, 5.41) is 10.2. The molecule has 0 radical (unpaired) electrons. The summed E-state index contributed by atoms with van der Waals surface area (Å²) in [6, 6.07) is 4.13. The predicted molar refractivity (Wildman–Crippen MR) is 67.6 cm³/mol. The van der Waals surface area contributed by atoms with E-state index in [1.54, 1.807) is 4.68 Å². The summed E-state index contributed by atoms with van der Waals surface area (Å²) < 4.78 is 8.85. The van der Waals surface area contributed by atoms with Gasteiger partial charge in [-0.05, 0) is 29.9 Å². The fraction of sp³-hybridized carbons (Fsp3) is 0.300. The molecule has 1 N–H and O–H groups in total. The third-order valence-corrected chi connectivity index (χ3v) is 3.45. The molecule has 0 unspecified atom stereocenters. The largest absolute Gasteiger partial charge is 0.493 e. The zero-order valence-electron chi connectivity index (χ0n) is 8.81. The average Bonchev–Trinajstić information content (AvgIpc) is 2.88. The van der Waals surface area contributed by atoms with Crippen molar-refractivity contribution in [1.29, 1.82) is 0 Å². The lowest BCUT2D eigenvalue weighted by Gasteiger charge is -2.08. The van der Waals surface area contributed by atoms with Crippen molar-refractivity contribution in [2.75, 3.05) is 6.61 Å². The summed E-state index contributed by atoms with van der Waals surface area (Å²) >= 11 is 8.56. The van der Waals surface area contributed by atoms with Crippen molar-refractivity contribution in [2.24, 2.45) is 0 Å². The molecule has 88 valence electrons. The molecule has 0 fully saturated rings. The number of ether oxygens (including phenoxy) is 1. The molecule has 1 aromatic heterocycles. The van der Waals surface area contributed by atoms with Gasteiger partial charge in [0.05, 0.1) is 13.2 Å². The van der Waals surface area contributed by atoms with Crippen molar-refractivity contribution in [1.82, 2.24) is 20.2 Å². The Kier molecular flexibility index (Phi) is 2.71. The van der Waals surface area contributed by atoms with Crippen LogP contribution in [0.2, 0.25) is 0 Å². The van der Waals surface area contributed by atoms with Crippen LogP contribution < -0.4 is 4.74 Å². The van der Waals surface area contributed by atoms with Gasteiger partial charge in [-0.3, -0.25) is 0 Å². The second-order valence-electron chi connectivity index (χ2n) is 3.82. The number of rotatable bonds is 2. The van der Waals surface area contributed by atoms with E-state index in [1.807, 2.05) is 6.07 Å². The second-order valence-corrected chi connectivity index (χ2v) is 5.10. The van der Waals surface area contributed by atoms with Crippen molar-refractivity contribution >= 4 is 28.1 Å². The number of hydrogen-bond donors (Lipinski definition) is 1. The molecule has 7 heteroatoms.